The van der Waals surface area contributed by atoms with E-state index < -0.39 is 11.9 Å². The molecule has 17 heavy (non-hydrogen) atoms. The number of carboxylic acids is 1. The van der Waals surface area contributed by atoms with Gasteiger partial charge in [0.25, 0.3) is 0 Å². The van der Waals surface area contributed by atoms with E-state index >= 15 is 0 Å². The van der Waals surface area contributed by atoms with E-state index in [0.717, 1.165) is 40.4 Å². The van der Waals surface area contributed by atoms with E-state index in [1.807, 2.05) is 11.4 Å². The highest BCUT2D eigenvalue weighted by Crippen LogP contribution is 2.38. The van der Waals surface area contributed by atoms with Crippen molar-refractivity contribution in [1.82, 2.24) is 4.98 Å². The average Bonchev–Trinajstić information content (AvgIpc) is 2.96. The maximum Gasteiger partial charge on any atom is 0.312 e. The molecule has 2 aromatic rings. The zero-order valence-electron chi connectivity index (χ0n) is 9.05. The first kappa shape index (κ1) is 10.9. The molecule has 0 aliphatic heterocycles. The molecule has 0 fully saturated rings. The monoisotopic (exact) mass is 265 g/mol. The first-order chi connectivity index (χ1) is 8.25. The molecule has 0 spiro atoms. The van der Waals surface area contributed by atoms with Crippen molar-refractivity contribution in [2.75, 3.05) is 0 Å². The summed E-state index contributed by atoms with van der Waals surface area (Å²) in [4.78, 5) is 16.9. The Morgan fingerprint density at radius 3 is 3.12 bits per heavy atom. The molecule has 1 aliphatic rings. The largest absolute Gasteiger partial charge is 0.481 e. The summed E-state index contributed by atoms with van der Waals surface area (Å²) in [5.41, 5.74) is 1.91. The normalized spacial score (nSPS) is 18.9. The molecule has 5 heteroatoms. The van der Waals surface area contributed by atoms with E-state index in [9.17, 15) is 9.90 Å². The summed E-state index contributed by atoms with van der Waals surface area (Å²) in [5, 5.41) is 14.2. The van der Waals surface area contributed by atoms with Crippen LogP contribution in [-0.4, -0.2) is 16.1 Å². The Morgan fingerprint density at radius 1 is 1.53 bits per heavy atom. The predicted molar refractivity (Wildman–Crippen MR) is 68.7 cm³/mol. The molecule has 2 heterocycles. The highest BCUT2D eigenvalue weighted by Gasteiger charge is 2.30. The van der Waals surface area contributed by atoms with Gasteiger partial charge in [0.05, 0.1) is 11.6 Å². The quantitative estimate of drug-likeness (QED) is 0.905. The maximum atomic E-state index is 11.2. The van der Waals surface area contributed by atoms with Gasteiger partial charge in [-0.1, -0.05) is 0 Å². The van der Waals surface area contributed by atoms with Crippen LogP contribution in [0.25, 0.3) is 10.6 Å². The number of carbonyl (C=O) groups is 1. The number of aryl methyl sites for hydroxylation is 1. The van der Waals surface area contributed by atoms with Gasteiger partial charge in [0.2, 0.25) is 0 Å². The third-order valence-electron chi connectivity index (χ3n) is 3.02. The van der Waals surface area contributed by atoms with Gasteiger partial charge >= 0.3 is 5.97 Å². The number of thiazole rings is 1. The Morgan fingerprint density at radius 2 is 2.41 bits per heavy atom. The fourth-order valence-electron chi connectivity index (χ4n) is 2.17. The van der Waals surface area contributed by atoms with Crippen molar-refractivity contribution in [3.63, 3.8) is 0 Å². The second-order valence-electron chi connectivity index (χ2n) is 4.12. The minimum Gasteiger partial charge on any atom is -0.481 e. The standard InChI is InChI=1S/C12H11NO2S2/c14-12(15)8-2-1-3-9-10(8)13-11(17-9)7-4-5-16-6-7/h4-6,8H,1-3H2,(H,14,15). The molecule has 3 nitrogen and oxygen atoms in total. The molecule has 1 aliphatic carbocycles. The average molecular weight is 265 g/mol. The number of fused-ring (bicyclic) bond motifs is 1. The van der Waals surface area contributed by atoms with E-state index in [2.05, 4.69) is 10.4 Å². The fourth-order valence-corrected chi connectivity index (χ4v) is 4.04. The van der Waals surface area contributed by atoms with Crippen molar-refractivity contribution >= 4 is 28.6 Å². The van der Waals surface area contributed by atoms with Gasteiger partial charge in [-0.2, -0.15) is 11.3 Å². The van der Waals surface area contributed by atoms with Crippen LogP contribution in [0.1, 0.15) is 29.3 Å². The molecule has 0 saturated heterocycles. The topological polar surface area (TPSA) is 50.2 Å². The molecule has 1 atom stereocenters. The lowest BCUT2D eigenvalue weighted by molar-refractivity contribution is -0.139. The first-order valence-electron chi connectivity index (χ1n) is 5.50. The number of hydrogen-bond acceptors (Lipinski definition) is 4. The van der Waals surface area contributed by atoms with E-state index in [1.165, 1.54) is 0 Å². The Hall–Kier alpha value is -1.20. The summed E-state index contributed by atoms with van der Waals surface area (Å²) in [6, 6.07) is 2.03. The van der Waals surface area contributed by atoms with Crippen LogP contribution in [-0.2, 0) is 11.2 Å². The lowest BCUT2D eigenvalue weighted by Gasteiger charge is -2.16. The van der Waals surface area contributed by atoms with Crippen molar-refractivity contribution in [2.24, 2.45) is 0 Å². The zero-order chi connectivity index (χ0) is 11.8. The molecular formula is C12H11NO2S2. The van der Waals surface area contributed by atoms with E-state index in [-0.39, 0.29) is 0 Å². The van der Waals surface area contributed by atoms with Crippen molar-refractivity contribution < 1.29 is 9.90 Å². The van der Waals surface area contributed by atoms with Crippen LogP contribution in [0.5, 0.6) is 0 Å². The summed E-state index contributed by atoms with van der Waals surface area (Å²) < 4.78 is 0. The molecule has 0 bridgehead atoms. The van der Waals surface area contributed by atoms with Gasteiger partial charge in [0.15, 0.2) is 0 Å². The molecular weight excluding hydrogens is 254 g/mol. The van der Waals surface area contributed by atoms with Gasteiger partial charge in [0.1, 0.15) is 5.01 Å². The first-order valence-corrected chi connectivity index (χ1v) is 7.26. The van der Waals surface area contributed by atoms with Crippen molar-refractivity contribution in [1.29, 1.82) is 0 Å². The Bertz CT molecular complexity index is 545. The summed E-state index contributed by atoms with van der Waals surface area (Å²) in [6.45, 7) is 0. The molecule has 0 saturated carbocycles. The number of nitrogens with zero attached hydrogens (tertiary/aromatic N) is 1. The van der Waals surface area contributed by atoms with Crippen LogP contribution in [0.2, 0.25) is 0 Å². The molecule has 88 valence electrons. The molecule has 2 aromatic heterocycles. The summed E-state index contributed by atoms with van der Waals surface area (Å²) in [5.74, 6) is -1.14. The van der Waals surface area contributed by atoms with Crippen molar-refractivity contribution in [3.8, 4) is 10.6 Å². The molecule has 1 N–H and O–H groups in total. The van der Waals surface area contributed by atoms with E-state index in [1.54, 1.807) is 22.7 Å². The van der Waals surface area contributed by atoms with Gasteiger partial charge < -0.3 is 5.11 Å². The van der Waals surface area contributed by atoms with Crippen LogP contribution in [0.3, 0.4) is 0 Å². The number of hydrogen-bond donors (Lipinski definition) is 1. The number of aromatic nitrogens is 1. The summed E-state index contributed by atoms with van der Waals surface area (Å²) in [7, 11) is 0. The third kappa shape index (κ3) is 1.89. The van der Waals surface area contributed by atoms with Gasteiger partial charge in [0, 0.05) is 15.8 Å². The molecule has 3 rings (SSSR count). The third-order valence-corrected chi connectivity index (χ3v) is 4.88. The van der Waals surface area contributed by atoms with Gasteiger partial charge in [-0.15, -0.1) is 11.3 Å². The fraction of sp³-hybridized carbons (Fsp3) is 0.333. The number of carboxylic acid groups (broad SMARTS) is 1. The zero-order valence-corrected chi connectivity index (χ0v) is 10.7. The van der Waals surface area contributed by atoms with Crippen molar-refractivity contribution in [3.05, 3.63) is 27.4 Å². The Kier molecular flexibility index (Phi) is 2.72. The second-order valence-corrected chi connectivity index (χ2v) is 5.99. The van der Waals surface area contributed by atoms with Crippen LogP contribution >= 0.6 is 22.7 Å². The van der Waals surface area contributed by atoms with Gasteiger partial charge in [-0.3, -0.25) is 4.79 Å². The summed E-state index contributed by atoms with van der Waals surface area (Å²) >= 11 is 3.28. The highest BCUT2D eigenvalue weighted by atomic mass is 32.1. The number of rotatable bonds is 2. The predicted octanol–water partition coefficient (Wildman–Crippen LogP) is 3.38. The molecule has 0 radical (unpaired) electrons. The van der Waals surface area contributed by atoms with Crippen molar-refractivity contribution in [2.45, 2.75) is 25.2 Å². The molecule has 0 amide bonds. The second kappa shape index (κ2) is 4.23. The van der Waals surface area contributed by atoms with Crippen LogP contribution in [0.4, 0.5) is 0 Å². The Balaban J connectivity index is 2.04. The number of aliphatic carboxylic acids is 1. The van der Waals surface area contributed by atoms with E-state index in [0.29, 0.717) is 0 Å². The lowest BCUT2D eigenvalue weighted by Crippen LogP contribution is -2.17. The molecule has 1 unspecified atom stereocenters. The lowest BCUT2D eigenvalue weighted by atomic mass is 9.91. The van der Waals surface area contributed by atoms with Crippen LogP contribution in [0.15, 0.2) is 16.8 Å². The number of thiophene rings is 1. The SMILES string of the molecule is O=C(O)C1CCCc2sc(-c3ccsc3)nc21. The minimum absolute atomic E-state index is 0.401. The maximum absolute atomic E-state index is 11.2. The van der Waals surface area contributed by atoms with Gasteiger partial charge in [-0.05, 0) is 30.7 Å². The van der Waals surface area contributed by atoms with Gasteiger partial charge in [-0.25, -0.2) is 4.98 Å². The Labute approximate surface area is 107 Å². The van der Waals surface area contributed by atoms with Crippen LogP contribution in [0, 0.1) is 0 Å². The van der Waals surface area contributed by atoms with E-state index in [4.69, 9.17) is 0 Å². The van der Waals surface area contributed by atoms with Crippen LogP contribution < -0.4 is 0 Å². The molecule has 0 aromatic carbocycles. The summed E-state index contributed by atoms with van der Waals surface area (Å²) in [6.07, 6.45) is 2.64. The smallest absolute Gasteiger partial charge is 0.312 e. The minimum atomic E-state index is -0.742. The highest BCUT2D eigenvalue weighted by molar-refractivity contribution is 7.15.